The molecule has 0 spiro atoms. The van der Waals surface area contributed by atoms with Crippen LogP contribution < -0.4 is 42.2 Å². The van der Waals surface area contributed by atoms with Gasteiger partial charge in [0.1, 0.15) is 23.4 Å². The molecule has 9 N–H and O–H groups in total. The summed E-state index contributed by atoms with van der Waals surface area (Å²) in [5.74, 6) is -1.92. The van der Waals surface area contributed by atoms with Gasteiger partial charge in [-0.3, -0.25) is 24.2 Å². The van der Waals surface area contributed by atoms with E-state index in [0.29, 0.717) is 23.3 Å². The number of benzene rings is 3. The topological polar surface area (TPSA) is 236 Å². The molecule has 0 bridgehead atoms. The van der Waals surface area contributed by atoms with Crippen LogP contribution in [0.5, 0.6) is 5.75 Å². The molecule has 1 aliphatic heterocycles. The van der Waals surface area contributed by atoms with Gasteiger partial charge in [-0.2, -0.15) is 0 Å². The third kappa shape index (κ3) is 11.8. The van der Waals surface area contributed by atoms with Gasteiger partial charge < -0.3 is 37.5 Å². The van der Waals surface area contributed by atoms with Gasteiger partial charge in [0.2, 0.25) is 29.6 Å². The second kappa shape index (κ2) is 18.9. The predicted octanol–water partition coefficient (Wildman–Crippen LogP) is 1.69. The summed E-state index contributed by atoms with van der Waals surface area (Å²) in [4.78, 5) is 56.1. The van der Waals surface area contributed by atoms with E-state index in [9.17, 15) is 27.6 Å². The Balaban J connectivity index is 1.38. The standard InChI is InChI=1S/C40H54N8O7S/c1-24-25(2)35(26(3)30-21-40(5,6)55-34(24)30)56(53,54)48-39(42)43-19-13-18-32(38(52)46-27(4)36(50)44-22-29-16-11-8-12-17-29)47-33(49)23-45-37(51)31(41)20-28-14-9-7-10-15-28/h7-12,14-17,27,31-32H,13,18-23,41H2,1-6H3,(H,44,50)(H,45,51)(H,46,52)(H,47,49)(H3,42,43,48)/t27-,31-,32-/m0/s1. The number of carbonyl (C=O) groups is 4. The first kappa shape index (κ1) is 43.3. The number of sulfonamides is 1. The molecule has 0 radical (unpaired) electrons. The maximum Gasteiger partial charge on any atom is 0.264 e. The lowest BCUT2D eigenvalue weighted by Gasteiger charge is -2.21. The zero-order valence-electron chi connectivity index (χ0n) is 32.8. The molecule has 3 aromatic rings. The minimum atomic E-state index is -4.13. The molecule has 16 heteroatoms. The van der Waals surface area contributed by atoms with Crippen molar-refractivity contribution in [1.82, 2.24) is 26.0 Å². The number of rotatable bonds is 17. The molecule has 15 nitrogen and oxygen atoms in total. The van der Waals surface area contributed by atoms with Crippen LogP contribution >= 0.6 is 0 Å². The van der Waals surface area contributed by atoms with E-state index in [0.717, 1.165) is 22.3 Å². The second-order valence-electron chi connectivity index (χ2n) is 14.6. The summed E-state index contributed by atoms with van der Waals surface area (Å²) in [6.07, 6.45) is 1.05. The summed E-state index contributed by atoms with van der Waals surface area (Å²) in [5.41, 5.74) is 16.0. The van der Waals surface area contributed by atoms with E-state index in [1.54, 1.807) is 13.8 Å². The Morgan fingerprint density at radius 1 is 0.857 bits per heavy atom. The normalized spacial score (nSPS) is 15.0. The van der Waals surface area contributed by atoms with Crippen molar-refractivity contribution in [3.8, 4) is 5.75 Å². The lowest BCUT2D eigenvalue weighted by Crippen LogP contribution is -2.54. The van der Waals surface area contributed by atoms with Gasteiger partial charge in [0, 0.05) is 25.1 Å². The molecule has 0 fully saturated rings. The first-order valence-electron chi connectivity index (χ1n) is 18.5. The van der Waals surface area contributed by atoms with Crippen molar-refractivity contribution >= 4 is 39.6 Å². The first-order valence-corrected chi connectivity index (χ1v) is 20.0. The number of nitrogens with two attached hydrogens (primary N) is 2. The molecular formula is C40H54N8O7S. The molecule has 0 unspecified atom stereocenters. The van der Waals surface area contributed by atoms with E-state index in [1.165, 1.54) is 6.92 Å². The third-order valence-corrected chi connectivity index (χ3v) is 11.1. The Labute approximate surface area is 328 Å². The SMILES string of the molecule is Cc1c(C)c(S(=O)(=O)NC(N)=NCCC[C@H](NC(=O)CNC(=O)[C@@H](N)Cc2ccccc2)C(=O)N[C@@H](C)C(=O)NCc2ccccc2)c(C)c2c1OC(C)(C)C2. The smallest absolute Gasteiger partial charge is 0.264 e. The zero-order chi connectivity index (χ0) is 41.2. The van der Waals surface area contributed by atoms with Gasteiger partial charge in [-0.25, -0.2) is 13.1 Å². The highest BCUT2D eigenvalue weighted by Crippen LogP contribution is 2.43. The second-order valence-corrected chi connectivity index (χ2v) is 16.3. The Morgan fingerprint density at radius 2 is 1.48 bits per heavy atom. The fraction of sp³-hybridized carbons (Fsp3) is 0.425. The van der Waals surface area contributed by atoms with E-state index in [2.05, 4.69) is 31.0 Å². The molecule has 4 amide bonds. The fourth-order valence-electron chi connectivity index (χ4n) is 6.45. The number of nitrogens with zero attached hydrogens (tertiary/aromatic N) is 1. The highest BCUT2D eigenvalue weighted by atomic mass is 32.2. The number of nitrogens with one attached hydrogen (secondary N) is 5. The summed E-state index contributed by atoms with van der Waals surface area (Å²) >= 11 is 0. The van der Waals surface area contributed by atoms with Crippen molar-refractivity contribution in [3.63, 3.8) is 0 Å². The van der Waals surface area contributed by atoms with Crippen molar-refractivity contribution in [2.24, 2.45) is 16.5 Å². The third-order valence-electron chi connectivity index (χ3n) is 9.50. The van der Waals surface area contributed by atoms with Gasteiger partial charge in [0.05, 0.1) is 17.5 Å². The van der Waals surface area contributed by atoms with E-state index < -0.39 is 63.9 Å². The van der Waals surface area contributed by atoms with E-state index >= 15 is 0 Å². The average Bonchev–Trinajstić information content (AvgIpc) is 3.49. The van der Waals surface area contributed by atoms with Crippen LogP contribution in [0.4, 0.5) is 0 Å². The highest BCUT2D eigenvalue weighted by molar-refractivity contribution is 7.90. The van der Waals surface area contributed by atoms with E-state index in [-0.39, 0.29) is 43.2 Å². The Bertz CT molecular complexity index is 2040. The number of guanidine groups is 1. The molecule has 302 valence electrons. The number of ether oxygens (including phenoxy) is 1. The molecule has 0 aromatic heterocycles. The molecule has 1 heterocycles. The molecule has 4 rings (SSSR count). The van der Waals surface area contributed by atoms with Crippen molar-refractivity contribution in [2.75, 3.05) is 13.1 Å². The van der Waals surface area contributed by atoms with Crippen LogP contribution in [0.25, 0.3) is 0 Å². The van der Waals surface area contributed by atoms with Crippen LogP contribution in [0.1, 0.15) is 67.0 Å². The predicted molar refractivity (Wildman–Crippen MR) is 214 cm³/mol. The largest absolute Gasteiger partial charge is 0.487 e. The van der Waals surface area contributed by atoms with Crippen LogP contribution in [0.3, 0.4) is 0 Å². The Hall–Kier alpha value is -5.48. The first-order chi connectivity index (χ1) is 26.4. The van der Waals surface area contributed by atoms with Gasteiger partial charge in [-0.15, -0.1) is 0 Å². The van der Waals surface area contributed by atoms with Crippen LogP contribution in [0.15, 0.2) is 70.6 Å². The number of aliphatic imine (C=N–C) groups is 1. The van der Waals surface area contributed by atoms with Crippen molar-refractivity contribution in [3.05, 3.63) is 94.0 Å². The summed E-state index contributed by atoms with van der Waals surface area (Å²) in [6.45, 7) is 10.5. The Morgan fingerprint density at radius 3 is 2.12 bits per heavy atom. The minimum absolute atomic E-state index is 0.00456. The van der Waals surface area contributed by atoms with Gasteiger partial charge in [-0.05, 0) is 88.6 Å². The van der Waals surface area contributed by atoms with Crippen molar-refractivity contribution < 1.29 is 32.3 Å². The van der Waals surface area contributed by atoms with E-state index in [4.69, 9.17) is 16.2 Å². The van der Waals surface area contributed by atoms with Crippen LogP contribution in [-0.2, 0) is 48.6 Å². The molecular weight excluding hydrogens is 737 g/mol. The fourth-order valence-corrected chi connectivity index (χ4v) is 7.98. The Kier molecular flexibility index (Phi) is 14.6. The van der Waals surface area contributed by atoms with Crippen molar-refractivity contribution in [1.29, 1.82) is 0 Å². The highest BCUT2D eigenvalue weighted by Gasteiger charge is 2.37. The van der Waals surface area contributed by atoms with Gasteiger partial charge in [0.15, 0.2) is 0 Å². The minimum Gasteiger partial charge on any atom is -0.487 e. The quantitative estimate of drug-likeness (QED) is 0.0598. The lowest BCUT2D eigenvalue weighted by atomic mass is 9.94. The number of fused-ring (bicyclic) bond motifs is 1. The van der Waals surface area contributed by atoms with E-state index in [1.807, 2.05) is 81.4 Å². The number of hydrogen-bond donors (Lipinski definition) is 7. The van der Waals surface area contributed by atoms with Crippen LogP contribution in [0.2, 0.25) is 0 Å². The molecule has 0 aliphatic carbocycles. The lowest BCUT2D eigenvalue weighted by molar-refractivity contribution is -0.132. The number of carbonyl (C=O) groups excluding carboxylic acids is 4. The van der Waals surface area contributed by atoms with Gasteiger partial charge in [0.25, 0.3) is 10.0 Å². The average molecular weight is 791 g/mol. The van der Waals surface area contributed by atoms with Gasteiger partial charge in [-0.1, -0.05) is 60.7 Å². The molecule has 1 aliphatic rings. The molecule has 3 aromatic carbocycles. The molecule has 0 saturated heterocycles. The van der Waals surface area contributed by atoms with Crippen molar-refractivity contribution in [2.45, 2.75) is 102 Å². The number of hydrogen-bond acceptors (Lipinski definition) is 9. The number of amides is 4. The van der Waals surface area contributed by atoms with Crippen LogP contribution in [-0.4, -0.2) is 74.8 Å². The maximum atomic E-state index is 13.6. The monoisotopic (exact) mass is 790 g/mol. The molecule has 3 atom stereocenters. The van der Waals surface area contributed by atoms with Gasteiger partial charge >= 0.3 is 0 Å². The van der Waals surface area contributed by atoms with Crippen LogP contribution in [0, 0.1) is 20.8 Å². The molecule has 56 heavy (non-hydrogen) atoms. The zero-order valence-corrected chi connectivity index (χ0v) is 33.6. The maximum absolute atomic E-state index is 13.6. The summed E-state index contributed by atoms with van der Waals surface area (Å²) in [5, 5.41) is 10.5. The summed E-state index contributed by atoms with van der Waals surface area (Å²) in [7, 11) is -4.13. The summed E-state index contributed by atoms with van der Waals surface area (Å²) in [6, 6.07) is 15.5. The summed E-state index contributed by atoms with van der Waals surface area (Å²) < 4.78 is 35.7. The molecule has 0 saturated carbocycles.